The molecule has 3 nitrogen and oxygen atoms in total. The van der Waals surface area contributed by atoms with Crippen molar-refractivity contribution in [3.05, 3.63) is 24.3 Å². The van der Waals surface area contributed by atoms with Crippen LogP contribution in [-0.2, 0) is 0 Å². The highest BCUT2D eigenvalue weighted by molar-refractivity contribution is 5.84. The van der Waals surface area contributed by atoms with Crippen LogP contribution in [0.2, 0.25) is 0 Å². The van der Waals surface area contributed by atoms with Crippen LogP contribution < -0.4 is 11.5 Å². The van der Waals surface area contributed by atoms with Gasteiger partial charge in [0.05, 0.1) is 17.2 Å². The summed E-state index contributed by atoms with van der Waals surface area (Å²) in [7, 11) is 0. The van der Waals surface area contributed by atoms with Gasteiger partial charge in [0.25, 0.3) is 0 Å². The van der Waals surface area contributed by atoms with E-state index in [9.17, 15) is 0 Å². The maximum Gasteiger partial charge on any atom is 0.0994 e. The van der Waals surface area contributed by atoms with Crippen molar-refractivity contribution in [2.45, 2.75) is 13.3 Å². The number of amidine groups is 1. The number of benzene rings is 1. The molecule has 0 unspecified atom stereocenters. The van der Waals surface area contributed by atoms with Gasteiger partial charge in [-0.1, -0.05) is 19.1 Å². The molecule has 0 fully saturated rings. The van der Waals surface area contributed by atoms with Gasteiger partial charge in [-0.15, -0.1) is 0 Å². The standard InChI is InChI=1S/C9H13N3/c1-2-9(11)12-8-6-4-3-5-7(8)10/h3-6H,2,10H2,1H3,(H2,11,12). The highest BCUT2D eigenvalue weighted by Crippen LogP contribution is 2.20. The van der Waals surface area contributed by atoms with Gasteiger partial charge in [0.2, 0.25) is 0 Å². The normalized spacial score (nSPS) is 11.6. The maximum absolute atomic E-state index is 5.66. The molecule has 0 spiro atoms. The molecule has 0 aliphatic rings. The number of para-hydroxylation sites is 2. The Morgan fingerprint density at radius 2 is 2.08 bits per heavy atom. The molecule has 0 atom stereocenters. The third-order valence-electron chi connectivity index (χ3n) is 1.56. The number of anilines is 1. The van der Waals surface area contributed by atoms with E-state index in [1.807, 2.05) is 31.2 Å². The van der Waals surface area contributed by atoms with E-state index in [-0.39, 0.29) is 0 Å². The van der Waals surface area contributed by atoms with Crippen LogP contribution in [0.5, 0.6) is 0 Å². The van der Waals surface area contributed by atoms with E-state index in [0.29, 0.717) is 11.5 Å². The monoisotopic (exact) mass is 163 g/mol. The highest BCUT2D eigenvalue weighted by Gasteiger charge is 1.94. The van der Waals surface area contributed by atoms with Crippen LogP contribution in [0.15, 0.2) is 29.3 Å². The van der Waals surface area contributed by atoms with E-state index < -0.39 is 0 Å². The summed E-state index contributed by atoms with van der Waals surface area (Å²) in [5.74, 6) is 0.605. The lowest BCUT2D eigenvalue weighted by molar-refractivity contribution is 1.24. The highest BCUT2D eigenvalue weighted by atomic mass is 14.9. The zero-order valence-corrected chi connectivity index (χ0v) is 7.12. The molecule has 0 bridgehead atoms. The summed E-state index contributed by atoms with van der Waals surface area (Å²) in [4.78, 5) is 4.15. The largest absolute Gasteiger partial charge is 0.397 e. The molecule has 1 rings (SSSR count). The Labute approximate surface area is 72.1 Å². The first-order valence-corrected chi connectivity index (χ1v) is 3.91. The summed E-state index contributed by atoms with van der Waals surface area (Å²) >= 11 is 0. The zero-order chi connectivity index (χ0) is 8.97. The van der Waals surface area contributed by atoms with Crippen molar-refractivity contribution in [3.8, 4) is 0 Å². The molecule has 0 saturated carbocycles. The van der Waals surface area contributed by atoms with Crippen molar-refractivity contribution in [3.63, 3.8) is 0 Å². The Bertz CT molecular complexity index is 292. The summed E-state index contributed by atoms with van der Waals surface area (Å²) in [6.07, 6.45) is 0.744. The number of aliphatic imine (C=N–C) groups is 1. The maximum atomic E-state index is 5.66. The van der Waals surface area contributed by atoms with Crippen LogP contribution >= 0.6 is 0 Å². The number of nitrogen functional groups attached to an aromatic ring is 1. The number of hydrogen-bond donors (Lipinski definition) is 2. The topological polar surface area (TPSA) is 64.4 Å². The second-order valence-electron chi connectivity index (χ2n) is 2.52. The first-order chi connectivity index (χ1) is 5.74. The Hall–Kier alpha value is -1.51. The molecule has 0 heterocycles. The molecular formula is C9H13N3. The molecule has 3 heteroatoms. The molecule has 12 heavy (non-hydrogen) atoms. The lowest BCUT2D eigenvalue weighted by Gasteiger charge is -1.99. The molecule has 1 aromatic rings. The Balaban J connectivity index is 2.96. The van der Waals surface area contributed by atoms with Crippen molar-refractivity contribution < 1.29 is 0 Å². The minimum absolute atomic E-state index is 0.605. The molecule has 0 aromatic heterocycles. The molecule has 0 amide bonds. The fraction of sp³-hybridized carbons (Fsp3) is 0.222. The fourth-order valence-corrected chi connectivity index (χ4v) is 0.823. The van der Waals surface area contributed by atoms with Crippen LogP contribution in [0, 0.1) is 0 Å². The van der Waals surface area contributed by atoms with Gasteiger partial charge in [0.1, 0.15) is 0 Å². The Kier molecular flexibility index (Phi) is 2.69. The average molecular weight is 163 g/mol. The fourth-order valence-electron chi connectivity index (χ4n) is 0.823. The smallest absolute Gasteiger partial charge is 0.0994 e. The first kappa shape index (κ1) is 8.59. The van der Waals surface area contributed by atoms with Crippen molar-refractivity contribution >= 4 is 17.2 Å². The summed E-state index contributed by atoms with van der Waals surface area (Å²) in [6.45, 7) is 1.96. The minimum atomic E-state index is 0.605. The second-order valence-corrected chi connectivity index (χ2v) is 2.52. The van der Waals surface area contributed by atoms with Gasteiger partial charge >= 0.3 is 0 Å². The molecule has 1 aromatic carbocycles. The van der Waals surface area contributed by atoms with Gasteiger partial charge in [-0.2, -0.15) is 0 Å². The first-order valence-electron chi connectivity index (χ1n) is 3.91. The Morgan fingerprint density at radius 1 is 1.42 bits per heavy atom. The lowest BCUT2D eigenvalue weighted by atomic mass is 10.3. The van der Waals surface area contributed by atoms with Crippen molar-refractivity contribution in [2.24, 2.45) is 10.7 Å². The average Bonchev–Trinajstić information content (AvgIpc) is 2.09. The number of nitrogens with two attached hydrogens (primary N) is 2. The van der Waals surface area contributed by atoms with E-state index in [2.05, 4.69) is 4.99 Å². The third kappa shape index (κ3) is 1.99. The van der Waals surface area contributed by atoms with Gasteiger partial charge in [0.15, 0.2) is 0 Å². The molecule has 4 N–H and O–H groups in total. The van der Waals surface area contributed by atoms with Gasteiger partial charge < -0.3 is 11.5 Å². The van der Waals surface area contributed by atoms with Gasteiger partial charge in [0, 0.05) is 6.42 Å². The SMILES string of the molecule is CCC(N)=Nc1ccccc1N. The summed E-state index contributed by atoms with van der Waals surface area (Å²) in [5, 5.41) is 0. The second kappa shape index (κ2) is 3.76. The summed E-state index contributed by atoms with van der Waals surface area (Å²) in [5.41, 5.74) is 12.6. The predicted octanol–water partition coefficient (Wildman–Crippen LogP) is 1.67. The van der Waals surface area contributed by atoms with E-state index in [4.69, 9.17) is 11.5 Å². The van der Waals surface area contributed by atoms with Gasteiger partial charge in [-0.3, -0.25) is 0 Å². The predicted molar refractivity (Wildman–Crippen MR) is 52.4 cm³/mol. The van der Waals surface area contributed by atoms with Crippen LogP contribution in [0.25, 0.3) is 0 Å². The summed E-state index contributed by atoms with van der Waals surface area (Å²) in [6, 6.07) is 7.41. The molecule has 0 aliphatic carbocycles. The van der Waals surface area contributed by atoms with E-state index >= 15 is 0 Å². The van der Waals surface area contributed by atoms with Crippen LogP contribution in [0.3, 0.4) is 0 Å². The van der Waals surface area contributed by atoms with Crippen molar-refractivity contribution in [1.29, 1.82) is 0 Å². The van der Waals surface area contributed by atoms with E-state index in [1.54, 1.807) is 0 Å². The third-order valence-corrected chi connectivity index (χ3v) is 1.56. The number of rotatable bonds is 2. The van der Waals surface area contributed by atoms with Crippen LogP contribution in [-0.4, -0.2) is 5.84 Å². The molecular weight excluding hydrogens is 150 g/mol. The quantitative estimate of drug-likeness (QED) is 0.395. The Morgan fingerprint density at radius 3 is 2.67 bits per heavy atom. The van der Waals surface area contributed by atoms with Crippen molar-refractivity contribution in [1.82, 2.24) is 0 Å². The van der Waals surface area contributed by atoms with Crippen molar-refractivity contribution in [2.75, 3.05) is 5.73 Å². The van der Waals surface area contributed by atoms with Crippen LogP contribution in [0.1, 0.15) is 13.3 Å². The van der Waals surface area contributed by atoms with Gasteiger partial charge in [-0.25, -0.2) is 4.99 Å². The van der Waals surface area contributed by atoms with Crippen LogP contribution in [0.4, 0.5) is 11.4 Å². The van der Waals surface area contributed by atoms with E-state index in [0.717, 1.165) is 12.1 Å². The lowest BCUT2D eigenvalue weighted by Crippen LogP contribution is -2.08. The minimum Gasteiger partial charge on any atom is -0.397 e. The zero-order valence-electron chi connectivity index (χ0n) is 7.12. The molecule has 64 valence electrons. The van der Waals surface area contributed by atoms with Gasteiger partial charge in [-0.05, 0) is 12.1 Å². The molecule has 0 saturated heterocycles. The summed E-state index contributed by atoms with van der Waals surface area (Å²) < 4.78 is 0. The number of hydrogen-bond acceptors (Lipinski definition) is 2. The molecule has 0 aliphatic heterocycles. The molecule has 0 radical (unpaired) electrons. The number of nitrogens with zero attached hydrogens (tertiary/aromatic N) is 1. The van der Waals surface area contributed by atoms with E-state index in [1.165, 1.54) is 0 Å².